The zero-order valence-corrected chi connectivity index (χ0v) is 20.2. The van der Waals surface area contributed by atoms with Crippen LogP contribution >= 0.6 is 10.0 Å². The normalized spacial score (nSPS) is 16.1. The SMILES string of the molecule is COc1ccc(C(NC(=O)CC2CCOCC2)C(=O)Nc2ccc(S(C)(C)C)cc2)cc1. The Kier molecular flexibility index (Phi) is 8.21. The van der Waals surface area contributed by atoms with Crippen molar-refractivity contribution in [3.63, 3.8) is 0 Å². The number of anilines is 1. The summed E-state index contributed by atoms with van der Waals surface area (Å²) in [4.78, 5) is 27.3. The highest BCUT2D eigenvalue weighted by Crippen LogP contribution is 2.45. The number of carbonyl (C=O) groups is 2. The second-order valence-electron chi connectivity index (χ2n) is 8.88. The van der Waals surface area contributed by atoms with Crippen molar-refractivity contribution in [1.82, 2.24) is 5.32 Å². The molecule has 0 aromatic heterocycles. The summed E-state index contributed by atoms with van der Waals surface area (Å²) >= 11 is 0. The van der Waals surface area contributed by atoms with Gasteiger partial charge in [-0.2, -0.15) is 0 Å². The Hall–Kier alpha value is -2.51. The van der Waals surface area contributed by atoms with Crippen LogP contribution in [0.25, 0.3) is 0 Å². The quantitative estimate of drug-likeness (QED) is 0.616. The van der Waals surface area contributed by atoms with Gasteiger partial charge < -0.3 is 20.1 Å². The first-order valence-electron chi connectivity index (χ1n) is 10.9. The first-order chi connectivity index (χ1) is 15.3. The molecule has 0 spiro atoms. The third-order valence-electron chi connectivity index (χ3n) is 5.66. The van der Waals surface area contributed by atoms with Gasteiger partial charge in [0.15, 0.2) is 0 Å². The molecule has 2 N–H and O–H groups in total. The van der Waals surface area contributed by atoms with Crippen LogP contribution in [0.1, 0.15) is 30.9 Å². The van der Waals surface area contributed by atoms with Gasteiger partial charge in [0.1, 0.15) is 11.8 Å². The molecule has 1 aliphatic heterocycles. The summed E-state index contributed by atoms with van der Waals surface area (Å²) in [6, 6.07) is 14.4. The van der Waals surface area contributed by atoms with Crippen LogP contribution < -0.4 is 15.4 Å². The molecule has 2 aromatic rings. The van der Waals surface area contributed by atoms with Crippen molar-refractivity contribution in [2.24, 2.45) is 5.92 Å². The zero-order chi connectivity index (χ0) is 23.1. The van der Waals surface area contributed by atoms with Crippen LogP contribution in [-0.4, -0.2) is 50.9 Å². The summed E-state index contributed by atoms with van der Waals surface area (Å²) in [5.41, 5.74) is 1.42. The minimum Gasteiger partial charge on any atom is -0.497 e. The lowest BCUT2D eigenvalue weighted by atomic mass is 9.95. The fourth-order valence-electron chi connectivity index (χ4n) is 3.69. The Morgan fingerprint density at radius 1 is 1.03 bits per heavy atom. The summed E-state index contributed by atoms with van der Waals surface area (Å²) in [6.07, 6.45) is 8.83. The molecule has 1 heterocycles. The minimum absolute atomic E-state index is 0.125. The van der Waals surface area contributed by atoms with Gasteiger partial charge in [0.2, 0.25) is 5.91 Å². The van der Waals surface area contributed by atoms with Crippen molar-refractivity contribution < 1.29 is 19.1 Å². The van der Waals surface area contributed by atoms with E-state index in [0.717, 1.165) is 12.8 Å². The predicted molar refractivity (Wildman–Crippen MR) is 131 cm³/mol. The standard InChI is InChI=1S/C25H34N2O4S/c1-30-21-9-5-19(6-10-21)24(27-23(28)17-18-13-15-31-16-14-18)25(29)26-20-7-11-22(12-8-20)32(2,3)4/h5-12,18,24H,13-17H2,1-4H3,(H,26,29)(H,27,28). The van der Waals surface area contributed by atoms with Crippen molar-refractivity contribution >= 4 is 27.5 Å². The number of rotatable bonds is 8. The molecule has 1 atom stereocenters. The number of hydrogen-bond donors (Lipinski definition) is 2. The first kappa shape index (κ1) is 24.1. The number of amides is 2. The molecule has 7 heteroatoms. The molecule has 1 unspecified atom stereocenters. The van der Waals surface area contributed by atoms with Crippen LogP contribution in [0, 0.1) is 5.92 Å². The van der Waals surface area contributed by atoms with E-state index in [1.165, 1.54) is 4.90 Å². The van der Waals surface area contributed by atoms with Crippen LogP contribution in [-0.2, 0) is 14.3 Å². The van der Waals surface area contributed by atoms with Crippen molar-refractivity contribution in [3.05, 3.63) is 54.1 Å². The minimum atomic E-state index is -0.835. The molecule has 1 fully saturated rings. The number of hydrogen-bond acceptors (Lipinski definition) is 4. The molecule has 174 valence electrons. The molecule has 0 bridgehead atoms. The largest absolute Gasteiger partial charge is 0.497 e. The van der Waals surface area contributed by atoms with Gasteiger partial charge in [0.05, 0.1) is 7.11 Å². The van der Waals surface area contributed by atoms with E-state index in [-0.39, 0.29) is 17.7 Å². The lowest BCUT2D eigenvalue weighted by molar-refractivity contribution is -0.127. The molecule has 0 radical (unpaired) electrons. The maximum absolute atomic E-state index is 13.2. The van der Waals surface area contributed by atoms with Crippen LogP contribution in [0.15, 0.2) is 53.4 Å². The topological polar surface area (TPSA) is 76.7 Å². The number of benzene rings is 2. The number of carbonyl (C=O) groups excluding carboxylic acids is 2. The highest BCUT2D eigenvalue weighted by molar-refractivity contribution is 8.32. The van der Waals surface area contributed by atoms with Crippen LogP contribution in [0.5, 0.6) is 5.75 Å². The maximum Gasteiger partial charge on any atom is 0.251 e. The molecule has 2 aromatic carbocycles. The summed E-state index contributed by atoms with van der Waals surface area (Å²) in [5, 5.41) is 5.91. The lowest BCUT2D eigenvalue weighted by Crippen LogP contribution is -2.38. The van der Waals surface area contributed by atoms with Crippen molar-refractivity contribution in [2.75, 3.05) is 44.4 Å². The predicted octanol–water partition coefficient (Wildman–Crippen LogP) is 4.36. The van der Waals surface area contributed by atoms with E-state index in [2.05, 4.69) is 41.5 Å². The Morgan fingerprint density at radius 2 is 1.66 bits per heavy atom. The maximum atomic E-state index is 13.2. The summed E-state index contributed by atoms with van der Waals surface area (Å²) in [7, 11) is 0.760. The van der Waals surface area contributed by atoms with Gasteiger partial charge in [-0.25, -0.2) is 10.0 Å². The monoisotopic (exact) mass is 458 g/mol. The van der Waals surface area contributed by atoms with Gasteiger partial charge in [0, 0.05) is 25.3 Å². The van der Waals surface area contributed by atoms with Gasteiger partial charge in [-0.3, -0.25) is 9.59 Å². The van der Waals surface area contributed by atoms with Gasteiger partial charge in [-0.05, 0) is 84.4 Å². The van der Waals surface area contributed by atoms with E-state index < -0.39 is 16.1 Å². The second kappa shape index (κ2) is 10.9. The first-order valence-corrected chi connectivity index (χ1v) is 13.7. The summed E-state index contributed by atoms with van der Waals surface area (Å²) < 4.78 is 10.6. The Labute approximate surface area is 192 Å². The van der Waals surface area contributed by atoms with Crippen molar-refractivity contribution in [3.8, 4) is 5.75 Å². The molecule has 0 aliphatic carbocycles. The van der Waals surface area contributed by atoms with Crippen LogP contribution in [0.3, 0.4) is 0 Å². The Morgan fingerprint density at radius 3 is 2.22 bits per heavy atom. The molecule has 1 aliphatic rings. The highest BCUT2D eigenvalue weighted by Gasteiger charge is 2.25. The average Bonchev–Trinajstić information content (AvgIpc) is 2.78. The fourth-order valence-corrected chi connectivity index (χ4v) is 4.64. The molecular formula is C25H34N2O4S. The molecule has 3 rings (SSSR count). The number of methoxy groups -OCH3 is 1. The van der Waals surface area contributed by atoms with Crippen LogP contribution in [0.4, 0.5) is 5.69 Å². The second-order valence-corrected chi connectivity index (χ2v) is 13.0. The average molecular weight is 459 g/mol. The van der Waals surface area contributed by atoms with E-state index in [0.29, 0.717) is 36.6 Å². The highest BCUT2D eigenvalue weighted by atomic mass is 32.3. The van der Waals surface area contributed by atoms with E-state index >= 15 is 0 Å². The van der Waals surface area contributed by atoms with Gasteiger partial charge >= 0.3 is 0 Å². The third-order valence-corrected chi connectivity index (χ3v) is 7.35. The zero-order valence-electron chi connectivity index (χ0n) is 19.4. The summed E-state index contributed by atoms with van der Waals surface area (Å²) in [6.45, 7) is 1.37. The van der Waals surface area contributed by atoms with Crippen molar-refractivity contribution in [1.29, 1.82) is 0 Å². The van der Waals surface area contributed by atoms with E-state index in [4.69, 9.17) is 9.47 Å². The Bertz CT molecular complexity index is 901. The van der Waals surface area contributed by atoms with Crippen LogP contribution in [0.2, 0.25) is 0 Å². The third kappa shape index (κ3) is 6.74. The number of ether oxygens (including phenoxy) is 2. The molecule has 6 nitrogen and oxygen atoms in total. The molecule has 0 saturated carbocycles. The molecule has 1 saturated heterocycles. The fraction of sp³-hybridized carbons (Fsp3) is 0.440. The van der Waals surface area contributed by atoms with E-state index in [9.17, 15) is 9.59 Å². The van der Waals surface area contributed by atoms with Crippen molar-refractivity contribution in [2.45, 2.75) is 30.2 Å². The van der Waals surface area contributed by atoms with Gasteiger partial charge in [-0.1, -0.05) is 12.1 Å². The molecular weight excluding hydrogens is 424 g/mol. The smallest absolute Gasteiger partial charge is 0.251 e. The van der Waals surface area contributed by atoms with Gasteiger partial charge in [-0.15, -0.1) is 0 Å². The van der Waals surface area contributed by atoms with E-state index in [1.54, 1.807) is 19.2 Å². The molecule has 32 heavy (non-hydrogen) atoms. The Balaban J connectivity index is 1.74. The molecule has 2 amide bonds. The van der Waals surface area contributed by atoms with E-state index in [1.807, 2.05) is 24.3 Å². The van der Waals surface area contributed by atoms with Gasteiger partial charge in [0.25, 0.3) is 5.91 Å². The number of nitrogens with one attached hydrogen (secondary N) is 2. The lowest BCUT2D eigenvalue weighted by Gasteiger charge is -2.26. The summed E-state index contributed by atoms with van der Waals surface area (Å²) in [5.74, 6) is 0.586.